The Bertz CT molecular complexity index is 396. The third kappa shape index (κ3) is 6.36. The number of carboxylic acid groups (broad SMARTS) is 2. The molecular formula is C11H18N2O7. The topological polar surface area (TPSA) is 170 Å². The number of nitrogens with two attached hydrogens (primary N) is 2. The summed E-state index contributed by atoms with van der Waals surface area (Å²) in [5, 5.41) is 17.1. The van der Waals surface area contributed by atoms with Gasteiger partial charge in [0.05, 0.1) is 0 Å². The minimum absolute atomic E-state index is 0.372. The summed E-state index contributed by atoms with van der Waals surface area (Å²) in [4.78, 5) is 44.2. The van der Waals surface area contributed by atoms with Crippen LogP contribution >= 0.6 is 0 Å². The molecule has 0 spiro atoms. The largest absolute Gasteiger partial charge is 0.480 e. The van der Waals surface area contributed by atoms with E-state index in [0.29, 0.717) is 0 Å². The van der Waals surface area contributed by atoms with E-state index in [9.17, 15) is 19.2 Å². The molecule has 9 heteroatoms. The highest BCUT2D eigenvalue weighted by Gasteiger charge is 2.27. The normalized spacial score (nSPS) is 15.2. The Hall–Kier alpha value is -1.84. The Morgan fingerprint density at radius 3 is 1.80 bits per heavy atom. The van der Waals surface area contributed by atoms with E-state index in [4.69, 9.17) is 26.4 Å². The molecule has 20 heavy (non-hydrogen) atoms. The quantitative estimate of drug-likeness (QED) is 0.360. The second-order valence-electron chi connectivity index (χ2n) is 4.23. The zero-order valence-corrected chi connectivity index (χ0v) is 10.9. The van der Waals surface area contributed by atoms with E-state index in [1.807, 2.05) is 0 Å². The van der Waals surface area contributed by atoms with Gasteiger partial charge < -0.3 is 26.4 Å². The number of hydrogen-bond acceptors (Lipinski definition) is 7. The van der Waals surface area contributed by atoms with E-state index >= 15 is 0 Å². The molecule has 3 atom stereocenters. The van der Waals surface area contributed by atoms with Crippen molar-refractivity contribution in [2.75, 3.05) is 7.11 Å². The summed E-state index contributed by atoms with van der Waals surface area (Å²) < 4.78 is 4.80. The first-order valence-corrected chi connectivity index (χ1v) is 5.73. The van der Waals surface area contributed by atoms with Crippen LogP contribution in [-0.2, 0) is 23.9 Å². The third-order valence-corrected chi connectivity index (χ3v) is 2.56. The van der Waals surface area contributed by atoms with Gasteiger partial charge in [-0.3, -0.25) is 19.2 Å². The molecule has 0 bridgehead atoms. The predicted molar refractivity (Wildman–Crippen MR) is 65.9 cm³/mol. The van der Waals surface area contributed by atoms with Crippen molar-refractivity contribution < 1.29 is 34.1 Å². The van der Waals surface area contributed by atoms with Crippen LogP contribution in [0.25, 0.3) is 0 Å². The molecule has 0 rings (SSSR count). The zero-order chi connectivity index (χ0) is 15.9. The maximum Gasteiger partial charge on any atom is 0.320 e. The summed E-state index contributed by atoms with van der Waals surface area (Å²) >= 11 is 0. The first-order chi connectivity index (χ1) is 9.18. The summed E-state index contributed by atoms with van der Waals surface area (Å²) in [6.07, 6.45) is -2.45. The van der Waals surface area contributed by atoms with Gasteiger partial charge in [0.1, 0.15) is 24.0 Å². The molecular weight excluding hydrogens is 272 g/mol. The molecule has 0 aliphatic heterocycles. The van der Waals surface area contributed by atoms with Gasteiger partial charge in [0.2, 0.25) is 0 Å². The molecule has 0 saturated carbocycles. The summed E-state index contributed by atoms with van der Waals surface area (Å²) in [7, 11) is 1.18. The lowest BCUT2D eigenvalue weighted by Gasteiger charge is -2.15. The van der Waals surface area contributed by atoms with Crippen LogP contribution < -0.4 is 11.5 Å². The van der Waals surface area contributed by atoms with Crippen molar-refractivity contribution >= 4 is 23.5 Å². The third-order valence-electron chi connectivity index (χ3n) is 2.56. The van der Waals surface area contributed by atoms with Crippen molar-refractivity contribution in [3.8, 4) is 0 Å². The summed E-state index contributed by atoms with van der Waals surface area (Å²) in [5.41, 5.74) is 10.4. The number of carboxylic acids is 2. The van der Waals surface area contributed by atoms with Gasteiger partial charge >= 0.3 is 11.9 Å². The van der Waals surface area contributed by atoms with Crippen LogP contribution in [0.4, 0.5) is 0 Å². The average molecular weight is 290 g/mol. The highest BCUT2D eigenvalue weighted by Crippen LogP contribution is 2.07. The van der Waals surface area contributed by atoms with Gasteiger partial charge in [-0.05, 0) is 0 Å². The molecule has 0 aromatic rings. The van der Waals surface area contributed by atoms with Crippen molar-refractivity contribution in [3.63, 3.8) is 0 Å². The Morgan fingerprint density at radius 2 is 1.40 bits per heavy atom. The Morgan fingerprint density at radius 1 is 0.950 bits per heavy atom. The maximum atomic E-state index is 11.7. The molecule has 114 valence electrons. The number of ketones is 2. The number of rotatable bonds is 10. The molecule has 0 fully saturated rings. The van der Waals surface area contributed by atoms with Crippen molar-refractivity contribution in [1.82, 2.24) is 0 Å². The maximum absolute atomic E-state index is 11.7. The van der Waals surface area contributed by atoms with Crippen LogP contribution in [0.15, 0.2) is 0 Å². The number of ether oxygens (including phenoxy) is 1. The lowest BCUT2D eigenvalue weighted by Crippen LogP contribution is -2.38. The van der Waals surface area contributed by atoms with Gasteiger partial charge in [-0.2, -0.15) is 0 Å². The first-order valence-electron chi connectivity index (χ1n) is 5.73. The number of carbonyl (C=O) groups excluding carboxylic acids is 2. The molecule has 0 saturated heterocycles. The monoisotopic (exact) mass is 290 g/mol. The van der Waals surface area contributed by atoms with Gasteiger partial charge in [0, 0.05) is 26.4 Å². The van der Waals surface area contributed by atoms with E-state index in [-0.39, 0.29) is 6.42 Å². The fourth-order valence-electron chi connectivity index (χ4n) is 1.39. The second-order valence-corrected chi connectivity index (χ2v) is 4.23. The number of hydrogen-bond donors (Lipinski definition) is 4. The molecule has 0 radical (unpaired) electrons. The Kier molecular flexibility index (Phi) is 7.59. The van der Waals surface area contributed by atoms with E-state index in [0.717, 1.165) is 0 Å². The highest BCUT2D eigenvalue weighted by atomic mass is 16.5. The first kappa shape index (κ1) is 18.2. The van der Waals surface area contributed by atoms with Crippen molar-refractivity contribution in [2.45, 2.75) is 37.5 Å². The van der Waals surface area contributed by atoms with Gasteiger partial charge in [-0.15, -0.1) is 0 Å². The molecule has 0 aromatic heterocycles. The number of carbonyl (C=O) groups is 4. The van der Waals surface area contributed by atoms with Crippen molar-refractivity contribution in [2.24, 2.45) is 11.5 Å². The van der Waals surface area contributed by atoms with E-state index < -0.39 is 54.5 Å². The lowest BCUT2D eigenvalue weighted by atomic mass is 10.00. The number of Topliss-reactive ketones (excluding diaryl/α,β-unsaturated/α-hetero) is 2. The molecule has 9 nitrogen and oxygen atoms in total. The molecule has 0 aliphatic carbocycles. The van der Waals surface area contributed by atoms with E-state index in [2.05, 4.69) is 0 Å². The molecule has 3 unspecified atom stereocenters. The van der Waals surface area contributed by atoms with Gasteiger partial charge in [-0.25, -0.2) is 0 Å². The van der Waals surface area contributed by atoms with Crippen molar-refractivity contribution in [1.29, 1.82) is 0 Å². The molecule has 0 aliphatic rings. The summed E-state index contributed by atoms with van der Waals surface area (Å²) in [6, 6.07) is -2.73. The SMILES string of the molecule is COC(CC(=O)CC(N)C(=O)O)C(=O)CC(N)C(=O)O. The Balaban J connectivity index is 4.47. The molecule has 0 heterocycles. The van der Waals surface area contributed by atoms with Gasteiger partial charge in [0.25, 0.3) is 0 Å². The predicted octanol–water partition coefficient (Wildman–Crippen LogP) is -1.87. The minimum Gasteiger partial charge on any atom is -0.480 e. The van der Waals surface area contributed by atoms with Gasteiger partial charge in [-0.1, -0.05) is 0 Å². The second kappa shape index (κ2) is 8.35. The van der Waals surface area contributed by atoms with E-state index in [1.54, 1.807) is 0 Å². The summed E-state index contributed by atoms with van der Waals surface area (Å²) in [6.45, 7) is 0. The van der Waals surface area contributed by atoms with Crippen LogP contribution in [0.3, 0.4) is 0 Å². The van der Waals surface area contributed by atoms with E-state index in [1.165, 1.54) is 7.11 Å². The van der Waals surface area contributed by atoms with Gasteiger partial charge in [0.15, 0.2) is 5.78 Å². The highest BCUT2D eigenvalue weighted by molar-refractivity contribution is 5.93. The molecule has 0 amide bonds. The summed E-state index contributed by atoms with van der Waals surface area (Å²) in [5.74, 6) is -3.87. The minimum atomic E-state index is -1.38. The van der Waals surface area contributed by atoms with Crippen LogP contribution in [0.1, 0.15) is 19.3 Å². The fraction of sp³-hybridized carbons (Fsp3) is 0.636. The van der Waals surface area contributed by atoms with Crippen LogP contribution in [0.2, 0.25) is 0 Å². The molecule has 0 aromatic carbocycles. The fourth-order valence-corrected chi connectivity index (χ4v) is 1.39. The Labute approximate surface area is 114 Å². The zero-order valence-electron chi connectivity index (χ0n) is 10.9. The van der Waals surface area contributed by atoms with Crippen molar-refractivity contribution in [3.05, 3.63) is 0 Å². The lowest BCUT2D eigenvalue weighted by molar-refractivity contribution is -0.143. The average Bonchev–Trinajstić information content (AvgIpc) is 2.35. The molecule has 6 N–H and O–H groups in total. The standard InChI is InChI=1S/C11H18N2O7/c1-20-9(8(15)4-7(13)11(18)19)3-5(14)2-6(12)10(16)17/h6-7,9H,2-4,12-13H2,1H3,(H,16,17)(H,18,19). The van der Waals surface area contributed by atoms with Crippen LogP contribution in [0.5, 0.6) is 0 Å². The number of methoxy groups -OCH3 is 1. The number of aliphatic carboxylic acids is 2. The van der Waals surface area contributed by atoms with Crippen LogP contribution in [0, 0.1) is 0 Å². The van der Waals surface area contributed by atoms with Crippen LogP contribution in [-0.4, -0.2) is 59.0 Å². The smallest absolute Gasteiger partial charge is 0.320 e.